The predicted octanol–water partition coefficient (Wildman–Crippen LogP) is 4.83. The van der Waals surface area contributed by atoms with Crippen LogP contribution in [0.4, 0.5) is 5.69 Å². The number of carbonyl (C=O) groups is 2. The molecular formula is C26H31N3O3. The fourth-order valence-electron chi connectivity index (χ4n) is 4.69. The third kappa shape index (κ3) is 4.86. The zero-order valence-corrected chi connectivity index (χ0v) is 18.8. The minimum Gasteiger partial charge on any atom is -0.465 e. The molecule has 1 aromatic heterocycles. The number of carbonyl (C=O) groups excluding carboxylic acids is 2. The van der Waals surface area contributed by atoms with Crippen LogP contribution in [-0.2, 0) is 22.6 Å². The van der Waals surface area contributed by atoms with Crippen molar-refractivity contribution in [3.05, 3.63) is 65.9 Å². The predicted molar refractivity (Wildman–Crippen MR) is 127 cm³/mol. The van der Waals surface area contributed by atoms with Crippen LogP contribution in [0.3, 0.4) is 0 Å². The number of para-hydroxylation sites is 2. The zero-order valence-electron chi connectivity index (χ0n) is 18.8. The third-order valence-corrected chi connectivity index (χ3v) is 6.42. The summed E-state index contributed by atoms with van der Waals surface area (Å²) in [6.45, 7) is 0.921. The molecule has 6 nitrogen and oxygen atoms in total. The van der Waals surface area contributed by atoms with Crippen molar-refractivity contribution < 1.29 is 14.3 Å². The first-order chi connectivity index (χ1) is 15.6. The van der Waals surface area contributed by atoms with Gasteiger partial charge in [0.15, 0.2) is 0 Å². The monoisotopic (exact) mass is 433 g/mol. The average Bonchev–Trinajstić information content (AvgIpc) is 3.18. The number of esters is 1. The van der Waals surface area contributed by atoms with Crippen LogP contribution in [0.5, 0.6) is 0 Å². The number of ether oxygens (including phenoxy) is 1. The largest absolute Gasteiger partial charge is 0.465 e. The summed E-state index contributed by atoms with van der Waals surface area (Å²) in [5.74, 6) is -0.536. The van der Waals surface area contributed by atoms with E-state index in [-0.39, 0.29) is 12.5 Å². The van der Waals surface area contributed by atoms with Gasteiger partial charge in [-0.3, -0.25) is 9.69 Å². The van der Waals surface area contributed by atoms with Gasteiger partial charge < -0.3 is 14.6 Å². The van der Waals surface area contributed by atoms with Gasteiger partial charge in [-0.05, 0) is 37.6 Å². The van der Waals surface area contributed by atoms with Gasteiger partial charge in [0.2, 0.25) is 5.91 Å². The first-order valence-corrected chi connectivity index (χ1v) is 11.3. The van der Waals surface area contributed by atoms with Gasteiger partial charge in [-0.2, -0.15) is 0 Å². The molecule has 1 heterocycles. The van der Waals surface area contributed by atoms with Crippen molar-refractivity contribution >= 4 is 28.5 Å². The van der Waals surface area contributed by atoms with Crippen LogP contribution in [-0.4, -0.2) is 41.5 Å². The Balaban J connectivity index is 1.49. The Bertz CT molecular complexity index is 1100. The van der Waals surface area contributed by atoms with Crippen LogP contribution >= 0.6 is 0 Å². The first-order valence-electron chi connectivity index (χ1n) is 11.3. The van der Waals surface area contributed by atoms with E-state index in [1.807, 2.05) is 42.5 Å². The van der Waals surface area contributed by atoms with E-state index in [0.717, 1.165) is 28.7 Å². The third-order valence-electron chi connectivity index (χ3n) is 6.42. The van der Waals surface area contributed by atoms with Crippen LogP contribution in [0.15, 0.2) is 54.7 Å². The normalized spacial score (nSPS) is 14.6. The SMILES string of the molecule is COC(=O)c1cn(CC(=O)Nc2ccccc2CN(C)C2CCCCC2)c2ccccc12. The summed E-state index contributed by atoms with van der Waals surface area (Å²) >= 11 is 0. The molecular weight excluding hydrogens is 402 g/mol. The van der Waals surface area contributed by atoms with Crippen molar-refractivity contribution in [3.8, 4) is 0 Å². The quantitative estimate of drug-likeness (QED) is 0.542. The van der Waals surface area contributed by atoms with E-state index >= 15 is 0 Å². The number of nitrogens with one attached hydrogen (secondary N) is 1. The summed E-state index contributed by atoms with van der Waals surface area (Å²) in [4.78, 5) is 27.5. The Morgan fingerprint density at radius 2 is 1.78 bits per heavy atom. The van der Waals surface area contributed by atoms with Gasteiger partial charge in [-0.25, -0.2) is 4.79 Å². The summed E-state index contributed by atoms with van der Waals surface area (Å²) in [5.41, 5.74) is 3.24. The molecule has 0 atom stereocenters. The van der Waals surface area contributed by atoms with E-state index < -0.39 is 5.97 Å². The van der Waals surface area contributed by atoms with E-state index in [4.69, 9.17) is 4.74 Å². The average molecular weight is 434 g/mol. The highest BCUT2D eigenvalue weighted by molar-refractivity contribution is 6.05. The minimum absolute atomic E-state index is 0.115. The van der Waals surface area contributed by atoms with Gasteiger partial charge in [0.1, 0.15) is 6.54 Å². The van der Waals surface area contributed by atoms with E-state index in [1.165, 1.54) is 39.2 Å². The smallest absolute Gasteiger partial charge is 0.340 e. The molecule has 1 fully saturated rings. The molecule has 168 valence electrons. The van der Waals surface area contributed by atoms with Crippen molar-refractivity contribution in [2.24, 2.45) is 0 Å². The van der Waals surface area contributed by atoms with Crippen LogP contribution in [0.25, 0.3) is 10.9 Å². The van der Waals surface area contributed by atoms with Gasteiger partial charge in [0.05, 0.1) is 12.7 Å². The Morgan fingerprint density at radius 3 is 2.56 bits per heavy atom. The number of fused-ring (bicyclic) bond motifs is 1. The van der Waals surface area contributed by atoms with E-state index in [0.29, 0.717) is 11.6 Å². The lowest BCUT2D eigenvalue weighted by Gasteiger charge is -2.31. The number of nitrogens with zero attached hydrogens (tertiary/aromatic N) is 2. The summed E-state index contributed by atoms with van der Waals surface area (Å²) in [6.07, 6.45) is 8.11. The number of hydrogen-bond donors (Lipinski definition) is 1. The van der Waals surface area contributed by atoms with Crippen molar-refractivity contribution in [1.29, 1.82) is 0 Å². The molecule has 3 aromatic rings. The summed E-state index contributed by atoms with van der Waals surface area (Å²) in [6, 6.07) is 16.1. The molecule has 1 amide bonds. The maximum absolute atomic E-state index is 13.0. The summed E-state index contributed by atoms with van der Waals surface area (Å²) < 4.78 is 6.70. The van der Waals surface area contributed by atoms with E-state index in [9.17, 15) is 9.59 Å². The molecule has 0 aliphatic heterocycles. The molecule has 0 unspecified atom stereocenters. The van der Waals surface area contributed by atoms with Crippen molar-refractivity contribution in [1.82, 2.24) is 9.47 Å². The molecule has 0 bridgehead atoms. The van der Waals surface area contributed by atoms with E-state index in [1.54, 1.807) is 10.8 Å². The lowest BCUT2D eigenvalue weighted by atomic mass is 9.94. The minimum atomic E-state index is -0.406. The standard InChI is InChI=1S/C26H31N3O3/c1-28(20-11-4-3-5-12-20)16-19-10-6-8-14-23(19)27-25(30)18-29-17-22(26(31)32-2)21-13-7-9-15-24(21)29/h6-10,13-15,17,20H,3-5,11-12,16,18H2,1-2H3,(H,27,30). The first kappa shape index (κ1) is 22.1. The van der Waals surface area contributed by atoms with Crippen molar-refractivity contribution in [3.63, 3.8) is 0 Å². The molecule has 0 spiro atoms. The van der Waals surface area contributed by atoms with Gasteiger partial charge in [-0.15, -0.1) is 0 Å². The summed E-state index contributed by atoms with van der Waals surface area (Å²) in [7, 11) is 3.54. The molecule has 1 aliphatic carbocycles. The number of anilines is 1. The maximum Gasteiger partial charge on any atom is 0.340 e. The number of hydrogen-bond acceptors (Lipinski definition) is 4. The molecule has 0 radical (unpaired) electrons. The van der Waals surface area contributed by atoms with Gasteiger partial charge in [0.25, 0.3) is 0 Å². The van der Waals surface area contributed by atoms with Gasteiger partial charge >= 0.3 is 5.97 Å². The topological polar surface area (TPSA) is 63.6 Å². The van der Waals surface area contributed by atoms with Crippen LogP contribution in [0, 0.1) is 0 Å². The lowest BCUT2D eigenvalue weighted by molar-refractivity contribution is -0.116. The number of rotatable bonds is 7. The fraction of sp³-hybridized carbons (Fsp3) is 0.385. The van der Waals surface area contributed by atoms with Crippen molar-refractivity contribution in [2.75, 3.05) is 19.5 Å². The van der Waals surface area contributed by atoms with Gasteiger partial charge in [0, 0.05) is 35.4 Å². The Hall–Kier alpha value is -3.12. The molecule has 4 rings (SSSR count). The van der Waals surface area contributed by atoms with Crippen LogP contribution in [0.1, 0.15) is 48.0 Å². The number of benzene rings is 2. The molecule has 2 aromatic carbocycles. The second-order valence-corrected chi connectivity index (χ2v) is 8.59. The molecule has 1 saturated carbocycles. The summed E-state index contributed by atoms with van der Waals surface area (Å²) in [5, 5.41) is 3.86. The maximum atomic E-state index is 13.0. The highest BCUT2D eigenvalue weighted by Gasteiger charge is 2.20. The zero-order chi connectivity index (χ0) is 22.5. The molecule has 1 N–H and O–H groups in total. The van der Waals surface area contributed by atoms with Crippen LogP contribution in [0.2, 0.25) is 0 Å². The lowest BCUT2D eigenvalue weighted by Crippen LogP contribution is -2.33. The Labute approximate surface area is 189 Å². The second-order valence-electron chi connectivity index (χ2n) is 8.59. The Morgan fingerprint density at radius 1 is 1.06 bits per heavy atom. The van der Waals surface area contributed by atoms with E-state index in [2.05, 4.69) is 23.3 Å². The molecule has 1 aliphatic rings. The molecule has 32 heavy (non-hydrogen) atoms. The number of methoxy groups -OCH3 is 1. The van der Waals surface area contributed by atoms with Crippen molar-refractivity contribution in [2.45, 2.75) is 51.2 Å². The molecule has 0 saturated heterocycles. The Kier molecular flexibility index (Phi) is 6.90. The highest BCUT2D eigenvalue weighted by atomic mass is 16.5. The highest BCUT2D eigenvalue weighted by Crippen LogP contribution is 2.25. The van der Waals surface area contributed by atoms with Gasteiger partial charge in [-0.1, -0.05) is 55.7 Å². The number of aromatic nitrogens is 1. The number of amides is 1. The molecule has 6 heteroatoms. The van der Waals surface area contributed by atoms with Crippen LogP contribution < -0.4 is 5.32 Å². The second kappa shape index (κ2) is 10.0. The fourth-order valence-corrected chi connectivity index (χ4v) is 4.69.